The number of piperazine rings is 1. The molecule has 1 heterocycles. The van der Waals surface area contributed by atoms with Gasteiger partial charge in [-0.3, -0.25) is 14.4 Å². The molecule has 1 aliphatic rings. The number of hydrogen-bond donors (Lipinski definition) is 1. The van der Waals surface area contributed by atoms with Crippen LogP contribution >= 0.6 is 0 Å². The summed E-state index contributed by atoms with van der Waals surface area (Å²) >= 11 is 0. The third-order valence-corrected chi connectivity index (χ3v) is 4.41. The van der Waals surface area contributed by atoms with Crippen LogP contribution in [0.15, 0.2) is 36.4 Å². The largest absolute Gasteiger partial charge is 0.342 e. The summed E-state index contributed by atoms with van der Waals surface area (Å²) in [5.74, 6) is -5.63. The molecule has 0 spiro atoms. The van der Waals surface area contributed by atoms with Crippen molar-refractivity contribution >= 4 is 23.9 Å². The van der Waals surface area contributed by atoms with Crippen molar-refractivity contribution in [1.82, 2.24) is 9.80 Å². The molecule has 0 aliphatic carbocycles. The monoisotopic (exact) mass is 391 g/mol. The van der Waals surface area contributed by atoms with Crippen molar-refractivity contribution < 1.29 is 27.6 Å². The standard InChI is InChI=1S/C19H16F3N3O3/c20-14-4-5-15(17(22)16(14)21)23-18(27)12-2-1-3-13(10-12)19(28)25-8-6-24(11-26)7-9-25/h1-5,10-11H,6-9H2,(H,23,27). The van der Waals surface area contributed by atoms with Crippen LogP contribution in [0.25, 0.3) is 0 Å². The zero-order valence-electron chi connectivity index (χ0n) is 14.6. The Morgan fingerprint density at radius 2 is 1.61 bits per heavy atom. The topological polar surface area (TPSA) is 69.7 Å². The Labute approximate surface area is 158 Å². The molecule has 9 heteroatoms. The number of amides is 3. The Hall–Kier alpha value is -3.36. The van der Waals surface area contributed by atoms with Crippen LogP contribution in [0.5, 0.6) is 0 Å². The van der Waals surface area contributed by atoms with Crippen molar-refractivity contribution in [3.63, 3.8) is 0 Å². The van der Waals surface area contributed by atoms with Gasteiger partial charge >= 0.3 is 0 Å². The summed E-state index contributed by atoms with van der Waals surface area (Å²) in [6.45, 7) is 1.58. The maximum Gasteiger partial charge on any atom is 0.255 e. The quantitative estimate of drug-likeness (QED) is 0.642. The molecule has 28 heavy (non-hydrogen) atoms. The Bertz CT molecular complexity index is 928. The van der Waals surface area contributed by atoms with Crippen LogP contribution in [0.1, 0.15) is 20.7 Å². The van der Waals surface area contributed by atoms with Crippen molar-refractivity contribution in [2.24, 2.45) is 0 Å². The number of nitrogens with zero attached hydrogens (tertiary/aromatic N) is 2. The van der Waals surface area contributed by atoms with Crippen LogP contribution in [-0.4, -0.2) is 54.2 Å². The van der Waals surface area contributed by atoms with Crippen molar-refractivity contribution in [3.05, 3.63) is 65.0 Å². The molecule has 1 fully saturated rings. The highest BCUT2D eigenvalue weighted by Crippen LogP contribution is 2.20. The second-order valence-electron chi connectivity index (χ2n) is 6.19. The highest BCUT2D eigenvalue weighted by Gasteiger charge is 2.22. The first-order valence-corrected chi connectivity index (χ1v) is 8.44. The Morgan fingerprint density at radius 1 is 0.929 bits per heavy atom. The first-order valence-electron chi connectivity index (χ1n) is 8.44. The molecule has 6 nitrogen and oxygen atoms in total. The maximum absolute atomic E-state index is 13.7. The number of rotatable bonds is 4. The molecule has 1 N–H and O–H groups in total. The fraction of sp³-hybridized carbons (Fsp3) is 0.211. The van der Waals surface area contributed by atoms with E-state index in [0.29, 0.717) is 32.2 Å². The first kappa shape index (κ1) is 19.4. The number of benzene rings is 2. The molecule has 0 bridgehead atoms. The Balaban J connectivity index is 1.74. The van der Waals surface area contributed by atoms with Crippen LogP contribution in [0.2, 0.25) is 0 Å². The van der Waals surface area contributed by atoms with Crippen LogP contribution in [0.3, 0.4) is 0 Å². The summed E-state index contributed by atoms with van der Waals surface area (Å²) in [6, 6.07) is 7.38. The fourth-order valence-corrected chi connectivity index (χ4v) is 2.82. The molecule has 0 atom stereocenters. The van der Waals surface area contributed by atoms with Gasteiger partial charge in [0.05, 0.1) is 5.69 Å². The van der Waals surface area contributed by atoms with E-state index in [4.69, 9.17) is 0 Å². The summed E-state index contributed by atoms with van der Waals surface area (Å²) in [5.41, 5.74) is -0.204. The molecule has 3 amide bonds. The van der Waals surface area contributed by atoms with E-state index in [0.717, 1.165) is 12.5 Å². The molecule has 1 saturated heterocycles. The van der Waals surface area contributed by atoms with Crippen molar-refractivity contribution in [2.45, 2.75) is 0 Å². The van der Waals surface area contributed by atoms with Crippen LogP contribution in [0.4, 0.5) is 18.9 Å². The van der Waals surface area contributed by atoms with E-state index in [-0.39, 0.29) is 17.0 Å². The van der Waals surface area contributed by atoms with E-state index in [1.807, 2.05) is 0 Å². The molecule has 0 saturated carbocycles. The second kappa shape index (κ2) is 8.12. The zero-order chi connectivity index (χ0) is 20.3. The summed E-state index contributed by atoms with van der Waals surface area (Å²) in [7, 11) is 0. The van der Waals surface area contributed by atoms with E-state index < -0.39 is 29.0 Å². The summed E-state index contributed by atoms with van der Waals surface area (Å²) < 4.78 is 40.0. The highest BCUT2D eigenvalue weighted by atomic mass is 19.2. The highest BCUT2D eigenvalue weighted by molar-refractivity contribution is 6.06. The smallest absolute Gasteiger partial charge is 0.255 e. The Kier molecular flexibility index (Phi) is 5.62. The van der Waals surface area contributed by atoms with E-state index >= 15 is 0 Å². The first-order chi connectivity index (χ1) is 13.4. The number of hydrogen-bond acceptors (Lipinski definition) is 3. The molecular weight excluding hydrogens is 375 g/mol. The van der Waals surface area contributed by atoms with E-state index in [9.17, 15) is 27.6 Å². The lowest BCUT2D eigenvalue weighted by atomic mass is 10.1. The minimum Gasteiger partial charge on any atom is -0.342 e. The van der Waals surface area contributed by atoms with Gasteiger partial charge in [-0.2, -0.15) is 0 Å². The van der Waals surface area contributed by atoms with Gasteiger partial charge in [0.1, 0.15) is 0 Å². The molecule has 0 aromatic heterocycles. The van der Waals surface area contributed by atoms with E-state index in [2.05, 4.69) is 5.32 Å². The average molecular weight is 391 g/mol. The number of anilines is 1. The van der Waals surface area contributed by atoms with E-state index in [1.54, 1.807) is 9.80 Å². The fourth-order valence-electron chi connectivity index (χ4n) is 2.82. The molecule has 1 aliphatic heterocycles. The molecular formula is C19H16F3N3O3. The maximum atomic E-state index is 13.7. The van der Waals surface area contributed by atoms with Gasteiger partial charge in [-0.15, -0.1) is 0 Å². The third kappa shape index (κ3) is 3.98. The second-order valence-corrected chi connectivity index (χ2v) is 6.19. The lowest BCUT2D eigenvalue weighted by Crippen LogP contribution is -2.48. The van der Waals surface area contributed by atoms with Gasteiger partial charge in [-0.1, -0.05) is 6.07 Å². The molecule has 0 radical (unpaired) electrons. The predicted octanol–water partition coefficient (Wildman–Crippen LogP) is 2.27. The average Bonchev–Trinajstić information content (AvgIpc) is 2.73. The van der Waals surface area contributed by atoms with Gasteiger partial charge in [-0.25, -0.2) is 13.2 Å². The van der Waals surface area contributed by atoms with Gasteiger partial charge in [0, 0.05) is 37.3 Å². The molecule has 146 valence electrons. The predicted molar refractivity (Wildman–Crippen MR) is 94.3 cm³/mol. The summed E-state index contributed by atoms with van der Waals surface area (Å²) in [4.78, 5) is 38.8. The molecule has 0 unspecified atom stereocenters. The normalized spacial score (nSPS) is 14.0. The zero-order valence-corrected chi connectivity index (χ0v) is 14.6. The van der Waals surface area contributed by atoms with Crippen LogP contribution < -0.4 is 5.32 Å². The van der Waals surface area contributed by atoms with Gasteiger partial charge in [0.25, 0.3) is 11.8 Å². The number of halogens is 3. The molecule has 2 aromatic carbocycles. The van der Waals surface area contributed by atoms with E-state index in [1.165, 1.54) is 24.3 Å². The minimum absolute atomic E-state index is 0.0570. The van der Waals surface area contributed by atoms with Gasteiger partial charge in [0.2, 0.25) is 6.41 Å². The summed E-state index contributed by atoms with van der Waals surface area (Å²) in [5, 5.41) is 2.16. The van der Waals surface area contributed by atoms with Crippen LogP contribution in [-0.2, 0) is 4.79 Å². The van der Waals surface area contributed by atoms with Gasteiger partial charge < -0.3 is 15.1 Å². The Morgan fingerprint density at radius 3 is 2.29 bits per heavy atom. The van der Waals surface area contributed by atoms with Crippen molar-refractivity contribution in [1.29, 1.82) is 0 Å². The lowest BCUT2D eigenvalue weighted by Gasteiger charge is -2.32. The molecule has 3 rings (SSSR count). The van der Waals surface area contributed by atoms with Crippen molar-refractivity contribution in [2.75, 3.05) is 31.5 Å². The number of carbonyl (C=O) groups is 3. The van der Waals surface area contributed by atoms with Crippen molar-refractivity contribution in [3.8, 4) is 0 Å². The van der Waals surface area contributed by atoms with Gasteiger partial charge in [-0.05, 0) is 30.3 Å². The minimum atomic E-state index is -1.68. The SMILES string of the molecule is O=CN1CCN(C(=O)c2cccc(C(=O)Nc3ccc(F)c(F)c3F)c2)CC1. The van der Waals surface area contributed by atoms with Crippen LogP contribution in [0, 0.1) is 17.5 Å². The molecule has 2 aromatic rings. The number of carbonyl (C=O) groups excluding carboxylic acids is 3. The summed E-state index contributed by atoms with van der Waals surface area (Å²) in [6.07, 6.45) is 0.726. The lowest BCUT2D eigenvalue weighted by molar-refractivity contribution is -0.119. The third-order valence-electron chi connectivity index (χ3n) is 4.41. The van der Waals surface area contributed by atoms with Gasteiger partial charge in [0.15, 0.2) is 17.5 Å². The number of nitrogens with one attached hydrogen (secondary N) is 1.